The Morgan fingerprint density at radius 2 is 1.84 bits per heavy atom. The Balaban J connectivity index is 1.32. The summed E-state index contributed by atoms with van der Waals surface area (Å²) in [6.45, 7) is -0.493. The number of likely N-dealkylation sites (tertiary alicyclic amines) is 1. The van der Waals surface area contributed by atoms with Gasteiger partial charge in [-0.15, -0.1) is 11.3 Å². The van der Waals surface area contributed by atoms with Crippen molar-refractivity contribution in [3.63, 3.8) is 0 Å². The summed E-state index contributed by atoms with van der Waals surface area (Å²) >= 11 is 1.04. The molecule has 0 saturated carbocycles. The first-order valence-electron chi connectivity index (χ1n) is 10.1. The van der Waals surface area contributed by atoms with Crippen LogP contribution in [0.15, 0.2) is 36.7 Å². The van der Waals surface area contributed by atoms with Gasteiger partial charge in [-0.25, -0.2) is 9.97 Å². The van der Waals surface area contributed by atoms with Crippen molar-refractivity contribution >= 4 is 27.4 Å². The highest BCUT2D eigenvalue weighted by Crippen LogP contribution is 2.33. The number of nitrogens with zero attached hydrogens (tertiary/aromatic N) is 3. The fourth-order valence-electron chi connectivity index (χ4n) is 3.77. The maximum Gasteiger partial charge on any atom is 0.393 e. The van der Waals surface area contributed by atoms with Crippen LogP contribution in [0.25, 0.3) is 10.2 Å². The molecule has 0 atom stereocenters. The summed E-state index contributed by atoms with van der Waals surface area (Å²) in [6.07, 6.45) is -2.17. The predicted octanol–water partition coefficient (Wildman–Crippen LogP) is 5.47. The lowest BCUT2D eigenvalue weighted by Gasteiger charge is -2.32. The quantitative estimate of drug-likeness (QED) is 0.462. The highest BCUT2D eigenvalue weighted by molar-refractivity contribution is 7.18. The predicted molar refractivity (Wildman–Crippen MR) is 112 cm³/mol. The van der Waals surface area contributed by atoms with E-state index in [1.165, 1.54) is 24.5 Å². The van der Waals surface area contributed by atoms with Gasteiger partial charge in [-0.3, -0.25) is 4.90 Å². The van der Waals surface area contributed by atoms with E-state index in [4.69, 9.17) is 0 Å². The zero-order valence-corrected chi connectivity index (χ0v) is 17.7. The summed E-state index contributed by atoms with van der Waals surface area (Å²) in [4.78, 5) is 11.4. The molecule has 0 amide bonds. The molecule has 1 N–H and O–H groups in total. The molecule has 1 aromatic carbocycles. The zero-order valence-electron chi connectivity index (χ0n) is 16.9. The second kappa shape index (κ2) is 9.53. The third-order valence-electron chi connectivity index (χ3n) is 5.24. The van der Waals surface area contributed by atoms with Crippen molar-refractivity contribution in [1.82, 2.24) is 14.9 Å². The molecule has 3 heterocycles. The number of piperidine rings is 1. The van der Waals surface area contributed by atoms with Gasteiger partial charge < -0.3 is 10.1 Å². The van der Waals surface area contributed by atoms with Crippen LogP contribution in [0.1, 0.15) is 23.3 Å². The van der Waals surface area contributed by atoms with Gasteiger partial charge in [0, 0.05) is 30.6 Å². The average molecular weight is 472 g/mol. The molecule has 2 aromatic heterocycles. The van der Waals surface area contributed by atoms with Crippen molar-refractivity contribution in [3.05, 3.63) is 47.1 Å². The zero-order chi connectivity index (χ0) is 22.7. The van der Waals surface area contributed by atoms with Crippen LogP contribution in [0.5, 0.6) is 5.75 Å². The van der Waals surface area contributed by atoms with Gasteiger partial charge in [0.2, 0.25) is 0 Å². The molecule has 0 spiro atoms. The Kier molecular flexibility index (Phi) is 6.75. The molecule has 1 aliphatic rings. The molecule has 172 valence electrons. The van der Waals surface area contributed by atoms with Crippen LogP contribution in [-0.2, 0) is 13.0 Å². The SMILES string of the molecule is FC(F)Oc1ccc(CN2CCC(Nc3ncnc4sc(CC(F)(F)F)cc34)CC2)cc1. The molecule has 3 aromatic rings. The van der Waals surface area contributed by atoms with E-state index >= 15 is 0 Å². The summed E-state index contributed by atoms with van der Waals surface area (Å²) < 4.78 is 67.0. The second-order valence-electron chi connectivity index (χ2n) is 7.66. The topological polar surface area (TPSA) is 50.3 Å². The minimum absolute atomic E-state index is 0.134. The first kappa shape index (κ1) is 22.7. The summed E-state index contributed by atoms with van der Waals surface area (Å²) in [5.41, 5.74) is 1.01. The van der Waals surface area contributed by atoms with Crippen LogP contribution in [-0.4, -0.2) is 46.8 Å². The lowest BCUT2D eigenvalue weighted by atomic mass is 10.0. The molecule has 0 unspecified atom stereocenters. The lowest BCUT2D eigenvalue weighted by molar-refractivity contribution is -0.126. The van der Waals surface area contributed by atoms with Crippen LogP contribution in [0.3, 0.4) is 0 Å². The number of rotatable bonds is 7. The van der Waals surface area contributed by atoms with E-state index in [2.05, 4.69) is 24.9 Å². The maximum atomic E-state index is 12.7. The van der Waals surface area contributed by atoms with Gasteiger partial charge in [0.1, 0.15) is 22.7 Å². The summed E-state index contributed by atoms with van der Waals surface area (Å²) in [7, 11) is 0. The maximum absolute atomic E-state index is 12.7. The standard InChI is InChI=1S/C21H21F5N4OS/c22-20(23)31-15-3-1-13(2-4-15)11-30-7-5-14(6-8-30)29-18-17-9-16(10-21(24,25)26)32-19(17)28-12-27-18/h1-4,9,12,14,20H,5-8,10-11H2,(H,27,28,29). The number of hydrogen-bond acceptors (Lipinski definition) is 6. The number of ether oxygens (including phenoxy) is 1. The van der Waals surface area contributed by atoms with E-state index in [0.29, 0.717) is 22.6 Å². The average Bonchev–Trinajstić information content (AvgIpc) is 3.12. The molecule has 5 nitrogen and oxygen atoms in total. The van der Waals surface area contributed by atoms with E-state index < -0.39 is 19.2 Å². The van der Waals surface area contributed by atoms with Crippen LogP contribution in [0.2, 0.25) is 0 Å². The molecule has 1 fully saturated rings. The third kappa shape index (κ3) is 6.04. The van der Waals surface area contributed by atoms with Gasteiger partial charge in [0.25, 0.3) is 0 Å². The van der Waals surface area contributed by atoms with E-state index in [9.17, 15) is 22.0 Å². The minimum Gasteiger partial charge on any atom is -0.435 e. The fraction of sp³-hybridized carbons (Fsp3) is 0.429. The lowest BCUT2D eigenvalue weighted by Crippen LogP contribution is -2.38. The molecule has 0 radical (unpaired) electrons. The number of nitrogens with one attached hydrogen (secondary N) is 1. The molecule has 1 saturated heterocycles. The molecule has 1 aliphatic heterocycles. The van der Waals surface area contributed by atoms with Gasteiger partial charge in [-0.05, 0) is 36.6 Å². The van der Waals surface area contributed by atoms with Crippen molar-refractivity contribution in [2.24, 2.45) is 0 Å². The Labute approximate surface area is 185 Å². The first-order chi connectivity index (χ1) is 15.2. The van der Waals surface area contributed by atoms with Crippen molar-refractivity contribution in [3.8, 4) is 5.75 Å². The Hall–Kier alpha value is -2.53. The minimum atomic E-state index is -4.26. The number of thiophene rings is 1. The number of hydrogen-bond donors (Lipinski definition) is 1. The van der Waals surface area contributed by atoms with E-state index in [1.54, 1.807) is 12.1 Å². The van der Waals surface area contributed by atoms with Crippen LogP contribution < -0.4 is 10.1 Å². The first-order valence-corrected chi connectivity index (χ1v) is 10.9. The van der Waals surface area contributed by atoms with Crippen LogP contribution in [0.4, 0.5) is 27.8 Å². The smallest absolute Gasteiger partial charge is 0.393 e. The number of fused-ring (bicyclic) bond motifs is 1. The van der Waals surface area contributed by atoms with Crippen LogP contribution >= 0.6 is 11.3 Å². The monoisotopic (exact) mass is 472 g/mol. The van der Waals surface area contributed by atoms with Crippen molar-refractivity contribution in [1.29, 1.82) is 0 Å². The molecule has 0 aliphatic carbocycles. The number of benzene rings is 1. The third-order valence-corrected chi connectivity index (χ3v) is 6.28. The normalized spacial score (nSPS) is 16.1. The summed E-state index contributed by atoms with van der Waals surface area (Å²) in [6, 6.07) is 8.28. The van der Waals surface area contributed by atoms with Gasteiger partial charge in [-0.2, -0.15) is 22.0 Å². The molecule has 32 heavy (non-hydrogen) atoms. The van der Waals surface area contributed by atoms with E-state index in [1.807, 2.05) is 0 Å². The van der Waals surface area contributed by atoms with Gasteiger partial charge in [0.15, 0.2) is 0 Å². The van der Waals surface area contributed by atoms with Gasteiger partial charge in [0.05, 0.1) is 11.8 Å². The molecule has 11 heteroatoms. The molecule has 0 bridgehead atoms. The number of anilines is 1. The van der Waals surface area contributed by atoms with Crippen molar-refractivity contribution in [2.75, 3.05) is 18.4 Å². The number of alkyl halides is 5. The van der Waals surface area contributed by atoms with E-state index in [0.717, 1.165) is 42.8 Å². The second-order valence-corrected chi connectivity index (χ2v) is 8.78. The summed E-state index contributed by atoms with van der Waals surface area (Å²) in [5, 5.41) is 3.99. The largest absolute Gasteiger partial charge is 0.435 e. The van der Waals surface area contributed by atoms with E-state index in [-0.39, 0.29) is 16.7 Å². The molecular weight excluding hydrogens is 451 g/mol. The molecular formula is C21H21F5N4OS. The van der Waals surface area contributed by atoms with Crippen molar-refractivity contribution in [2.45, 2.75) is 44.6 Å². The molecule has 4 rings (SSSR count). The Morgan fingerprint density at radius 1 is 1.12 bits per heavy atom. The Bertz CT molecular complexity index is 1030. The van der Waals surface area contributed by atoms with Gasteiger partial charge >= 0.3 is 12.8 Å². The summed E-state index contributed by atoms with van der Waals surface area (Å²) in [5.74, 6) is 0.697. The highest BCUT2D eigenvalue weighted by atomic mass is 32.1. The Morgan fingerprint density at radius 3 is 2.50 bits per heavy atom. The van der Waals surface area contributed by atoms with Gasteiger partial charge in [-0.1, -0.05) is 12.1 Å². The van der Waals surface area contributed by atoms with Crippen molar-refractivity contribution < 1.29 is 26.7 Å². The highest BCUT2D eigenvalue weighted by Gasteiger charge is 2.29. The fourth-order valence-corrected chi connectivity index (χ4v) is 4.79. The van der Waals surface area contributed by atoms with Crippen LogP contribution in [0, 0.1) is 0 Å². The number of aromatic nitrogens is 2. The number of halogens is 5.